The minimum absolute atomic E-state index is 0.0438. The third-order valence-electron chi connectivity index (χ3n) is 2.93. The van der Waals surface area contributed by atoms with Gasteiger partial charge in [0.05, 0.1) is 5.92 Å². The lowest BCUT2D eigenvalue weighted by atomic mass is 10.2. The Morgan fingerprint density at radius 1 is 1.37 bits per heavy atom. The lowest BCUT2D eigenvalue weighted by Crippen LogP contribution is -2.34. The summed E-state index contributed by atoms with van der Waals surface area (Å²) < 4.78 is 18.6. The molecule has 0 fully saturated rings. The summed E-state index contributed by atoms with van der Waals surface area (Å²) in [7, 11) is 0. The fraction of sp³-hybridized carbons (Fsp3) is 0.533. The Morgan fingerprint density at radius 3 is 2.63 bits per heavy atom. The summed E-state index contributed by atoms with van der Waals surface area (Å²) in [5.74, 6) is -0.542. The SMILES string of the molecule is CCC(COC(=O)C(C)C)NCc1ccccc1F. The van der Waals surface area contributed by atoms with E-state index in [-0.39, 0.29) is 23.7 Å². The van der Waals surface area contributed by atoms with Crippen LogP contribution in [0, 0.1) is 11.7 Å². The molecule has 1 aromatic rings. The average Bonchev–Trinajstić information content (AvgIpc) is 2.40. The maximum absolute atomic E-state index is 13.4. The van der Waals surface area contributed by atoms with Gasteiger partial charge in [0.1, 0.15) is 12.4 Å². The minimum atomic E-state index is -0.218. The fourth-order valence-electron chi connectivity index (χ4n) is 1.57. The molecule has 1 unspecified atom stereocenters. The van der Waals surface area contributed by atoms with Gasteiger partial charge in [-0.15, -0.1) is 0 Å². The molecule has 1 rings (SSSR count). The van der Waals surface area contributed by atoms with Gasteiger partial charge in [-0.2, -0.15) is 0 Å². The second-order valence-electron chi connectivity index (χ2n) is 4.86. The van der Waals surface area contributed by atoms with Crippen molar-refractivity contribution in [1.82, 2.24) is 5.32 Å². The molecule has 0 amide bonds. The van der Waals surface area contributed by atoms with Gasteiger partial charge in [0, 0.05) is 18.2 Å². The average molecular weight is 267 g/mol. The number of rotatable bonds is 7. The molecule has 0 saturated carbocycles. The van der Waals surface area contributed by atoms with Crippen LogP contribution in [0.2, 0.25) is 0 Å². The van der Waals surface area contributed by atoms with Crippen molar-refractivity contribution < 1.29 is 13.9 Å². The van der Waals surface area contributed by atoms with Crippen molar-refractivity contribution in [3.8, 4) is 0 Å². The molecule has 0 bridgehead atoms. The highest BCUT2D eigenvalue weighted by Gasteiger charge is 2.13. The maximum atomic E-state index is 13.4. The molecule has 1 N–H and O–H groups in total. The monoisotopic (exact) mass is 267 g/mol. The van der Waals surface area contributed by atoms with E-state index in [0.29, 0.717) is 18.7 Å². The number of hydrogen-bond acceptors (Lipinski definition) is 3. The zero-order valence-electron chi connectivity index (χ0n) is 11.8. The van der Waals surface area contributed by atoms with Gasteiger partial charge in [-0.05, 0) is 12.5 Å². The molecule has 0 aliphatic rings. The van der Waals surface area contributed by atoms with Crippen molar-refractivity contribution in [2.24, 2.45) is 5.92 Å². The molecule has 0 saturated heterocycles. The van der Waals surface area contributed by atoms with E-state index in [4.69, 9.17) is 4.74 Å². The van der Waals surface area contributed by atoms with Crippen LogP contribution in [-0.2, 0) is 16.1 Å². The zero-order chi connectivity index (χ0) is 14.3. The second-order valence-corrected chi connectivity index (χ2v) is 4.86. The first-order valence-electron chi connectivity index (χ1n) is 6.68. The van der Waals surface area contributed by atoms with Crippen LogP contribution in [0.15, 0.2) is 24.3 Å². The molecule has 1 atom stereocenters. The number of halogens is 1. The van der Waals surface area contributed by atoms with Crippen molar-refractivity contribution in [1.29, 1.82) is 0 Å². The Balaban J connectivity index is 2.41. The van der Waals surface area contributed by atoms with Crippen LogP contribution in [0.25, 0.3) is 0 Å². The molecule has 0 spiro atoms. The summed E-state index contributed by atoms with van der Waals surface area (Å²) >= 11 is 0. The quantitative estimate of drug-likeness (QED) is 0.772. The Hall–Kier alpha value is -1.42. The Bertz CT molecular complexity index is 407. The molecule has 0 aliphatic heterocycles. The number of ether oxygens (including phenoxy) is 1. The summed E-state index contributed by atoms with van der Waals surface area (Å²) in [5.41, 5.74) is 0.621. The highest BCUT2D eigenvalue weighted by atomic mass is 19.1. The number of carbonyl (C=O) groups excluding carboxylic acids is 1. The van der Waals surface area contributed by atoms with Gasteiger partial charge < -0.3 is 10.1 Å². The normalized spacial score (nSPS) is 12.5. The van der Waals surface area contributed by atoms with Crippen LogP contribution in [0.1, 0.15) is 32.8 Å². The van der Waals surface area contributed by atoms with Gasteiger partial charge in [0.25, 0.3) is 0 Å². The molecule has 0 heterocycles. The summed E-state index contributed by atoms with van der Waals surface area (Å²) in [6, 6.07) is 6.70. The summed E-state index contributed by atoms with van der Waals surface area (Å²) in [4.78, 5) is 11.4. The zero-order valence-corrected chi connectivity index (χ0v) is 11.8. The van der Waals surface area contributed by atoms with E-state index in [1.807, 2.05) is 6.92 Å². The molecule has 3 nitrogen and oxygen atoms in total. The lowest BCUT2D eigenvalue weighted by molar-refractivity contribution is -0.148. The van der Waals surface area contributed by atoms with Crippen LogP contribution in [-0.4, -0.2) is 18.6 Å². The molecular formula is C15H22FNO2. The Kier molecular flexibility index (Phi) is 6.50. The molecule has 106 valence electrons. The second kappa shape index (κ2) is 7.89. The van der Waals surface area contributed by atoms with Crippen LogP contribution in [0.3, 0.4) is 0 Å². The summed E-state index contributed by atoms with van der Waals surface area (Å²) in [6.07, 6.45) is 0.819. The molecule has 19 heavy (non-hydrogen) atoms. The number of carbonyl (C=O) groups is 1. The smallest absolute Gasteiger partial charge is 0.308 e. The van der Waals surface area contributed by atoms with Gasteiger partial charge >= 0.3 is 5.97 Å². The van der Waals surface area contributed by atoms with E-state index < -0.39 is 0 Å². The van der Waals surface area contributed by atoms with Crippen LogP contribution >= 0.6 is 0 Å². The first-order chi connectivity index (χ1) is 9.04. The first kappa shape index (κ1) is 15.6. The van der Waals surface area contributed by atoms with Crippen LogP contribution < -0.4 is 5.32 Å². The molecule has 4 heteroatoms. The largest absolute Gasteiger partial charge is 0.464 e. The predicted octanol–water partition coefficient (Wildman–Crippen LogP) is 2.89. The van der Waals surface area contributed by atoms with E-state index in [0.717, 1.165) is 6.42 Å². The van der Waals surface area contributed by atoms with E-state index in [2.05, 4.69) is 5.32 Å². The fourth-order valence-corrected chi connectivity index (χ4v) is 1.57. The topological polar surface area (TPSA) is 38.3 Å². The van der Waals surface area contributed by atoms with Crippen molar-refractivity contribution >= 4 is 5.97 Å². The van der Waals surface area contributed by atoms with E-state index in [1.54, 1.807) is 32.0 Å². The van der Waals surface area contributed by atoms with Crippen molar-refractivity contribution in [2.45, 2.75) is 39.8 Å². The molecular weight excluding hydrogens is 245 g/mol. The highest BCUT2D eigenvalue weighted by Crippen LogP contribution is 2.07. The van der Waals surface area contributed by atoms with Gasteiger partial charge in [0.15, 0.2) is 0 Å². The van der Waals surface area contributed by atoms with Gasteiger partial charge in [0.2, 0.25) is 0 Å². The molecule has 1 aromatic carbocycles. The van der Waals surface area contributed by atoms with Crippen molar-refractivity contribution in [2.75, 3.05) is 6.61 Å². The summed E-state index contributed by atoms with van der Waals surface area (Å²) in [6.45, 7) is 6.36. The van der Waals surface area contributed by atoms with E-state index in [1.165, 1.54) is 6.07 Å². The van der Waals surface area contributed by atoms with Crippen LogP contribution in [0.5, 0.6) is 0 Å². The Labute approximate surface area is 114 Å². The lowest BCUT2D eigenvalue weighted by Gasteiger charge is -2.18. The van der Waals surface area contributed by atoms with Crippen LogP contribution in [0.4, 0.5) is 4.39 Å². The number of nitrogens with one attached hydrogen (secondary N) is 1. The van der Waals surface area contributed by atoms with Crippen molar-refractivity contribution in [3.63, 3.8) is 0 Å². The molecule has 0 aliphatic carbocycles. The molecule has 0 aromatic heterocycles. The predicted molar refractivity (Wildman–Crippen MR) is 73.1 cm³/mol. The standard InChI is InChI=1S/C15H22FNO2/c1-4-13(10-19-15(18)11(2)3)17-9-12-7-5-6-8-14(12)16/h5-8,11,13,17H,4,9-10H2,1-3H3. The third-order valence-corrected chi connectivity index (χ3v) is 2.93. The highest BCUT2D eigenvalue weighted by molar-refractivity contribution is 5.71. The number of hydrogen-bond donors (Lipinski definition) is 1. The van der Waals surface area contributed by atoms with Gasteiger partial charge in [-0.1, -0.05) is 39.0 Å². The number of benzene rings is 1. The van der Waals surface area contributed by atoms with Gasteiger partial charge in [-0.3, -0.25) is 4.79 Å². The first-order valence-corrected chi connectivity index (χ1v) is 6.68. The van der Waals surface area contributed by atoms with Crippen molar-refractivity contribution in [3.05, 3.63) is 35.6 Å². The Morgan fingerprint density at radius 2 is 2.05 bits per heavy atom. The van der Waals surface area contributed by atoms with E-state index >= 15 is 0 Å². The number of esters is 1. The minimum Gasteiger partial charge on any atom is -0.464 e. The maximum Gasteiger partial charge on any atom is 0.308 e. The third kappa shape index (κ3) is 5.39. The van der Waals surface area contributed by atoms with E-state index in [9.17, 15) is 9.18 Å². The summed E-state index contributed by atoms with van der Waals surface area (Å²) in [5, 5.41) is 3.20. The van der Waals surface area contributed by atoms with Gasteiger partial charge in [-0.25, -0.2) is 4.39 Å². The molecule has 0 radical (unpaired) electrons.